The molecular formula is C25H26Cl2N2O4. The van der Waals surface area contributed by atoms with Crippen molar-refractivity contribution >= 4 is 34.9 Å². The van der Waals surface area contributed by atoms with Crippen LogP contribution in [0.2, 0.25) is 10.0 Å². The number of ether oxygens (including phenoxy) is 2. The number of hydrogen-bond donors (Lipinski definition) is 0. The Balaban J connectivity index is 1.99. The number of rotatable bonds is 8. The third-order valence-corrected chi connectivity index (χ3v) is 6.70. The van der Waals surface area contributed by atoms with Gasteiger partial charge in [-0.15, -0.1) is 0 Å². The van der Waals surface area contributed by atoms with Crippen LogP contribution in [0.25, 0.3) is 0 Å². The van der Waals surface area contributed by atoms with Crippen molar-refractivity contribution in [2.24, 2.45) is 5.92 Å². The normalized spacial score (nSPS) is 15.3. The van der Waals surface area contributed by atoms with Gasteiger partial charge < -0.3 is 14.4 Å². The number of nitrogens with zero attached hydrogens (tertiary/aromatic N) is 2. The molecule has 1 fully saturated rings. The molecule has 2 aromatic carbocycles. The van der Waals surface area contributed by atoms with Crippen LogP contribution in [-0.4, -0.2) is 43.9 Å². The highest BCUT2D eigenvalue weighted by Crippen LogP contribution is 2.37. The van der Waals surface area contributed by atoms with Gasteiger partial charge in [-0.05, 0) is 55.2 Å². The Morgan fingerprint density at radius 3 is 2.30 bits per heavy atom. The summed E-state index contributed by atoms with van der Waals surface area (Å²) in [5.41, 5.74) is 1.02. The van der Waals surface area contributed by atoms with E-state index in [4.69, 9.17) is 32.7 Å². The molecule has 2 atom stereocenters. The summed E-state index contributed by atoms with van der Waals surface area (Å²) >= 11 is 12.1. The Morgan fingerprint density at radius 1 is 1.00 bits per heavy atom. The summed E-state index contributed by atoms with van der Waals surface area (Å²) in [6.45, 7) is 1.24. The van der Waals surface area contributed by atoms with Crippen LogP contribution in [0.4, 0.5) is 0 Å². The fourth-order valence-corrected chi connectivity index (χ4v) is 4.43. The van der Waals surface area contributed by atoms with Gasteiger partial charge >= 0.3 is 0 Å². The molecule has 8 heteroatoms. The van der Waals surface area contributed by atoms with E-state index in [0.29, 0.717) is 40.7 Å². The lowest BCUT2D eigenvalue weighted by Crippen LogP contribution is -2.41. The summed E-state index contributed by atoms with van der Waals surface area (Å²) in [6, 6.07) is 12.0. The predicted molar refractivity (Wildman–Crippen MR) is 127 cm³/mol. The molecule has 1 saturated heterocycles. The van der Waals surface area contributed by atoms with Gasteiger partial charge in [0, 0.05) is 31.0 Å². The van der Waals surface area contributed by atoms with E-state index in [1.807, 2.05) is 0 Å². The second kappa shape index (κ2) is 11.4. The zero-order chi connectivity index (χ0) is 24.0. The van der Waals surface area contributed by atoms with Crippen molar-refractivity contribution < 1.29 is 19.1 Å². The Hall–Kier alpha value is -2.75. The van der Waals surface area contributed by atoms with Crippen LogP contribution in [0.1, 0.15) is 47.5 Å². The molecule has 3 rings (SSSR count). The average molecular weight is 489 g/mol. The van der Waals surface area contributed by atoms with Gasteiger partial charge in [0.15, 0.2) is 17.3 Å². The molecule has 1 aliphatic heterocycles. The fourth-order valence-electron chi connectivity index (χ4n) is 4.13. The van der Waals surface area contributed by atoms with Gasteiger partial charge in [0.2, 0.25) is 5.91 Å². The minimum absolute atomic E-state index is 0.0503. The van der Waals surface area contributed by atoms with Crippen molar-refractivity contribution in [1.29, 1.82) is 5.26 Å². The Morgan fingerprint density at radius 2 is 1.70 bits per heavy atom. The van der Waals surface area contributed by atoms with Crippen molar-refractivity contribution in [3.8, 4) is 17.6 Å². The number of Topliss-reactive ketones (excluding diaryl/α,β-unsaturated/α-hetero) is 1. The summed E-state index contributed by atoms with van der Waals surface area (Å²) in [7, 11) is 3.04. The van der Waals surface area contributed by atoms with Gasteiger partial charge in [-0.3, -0.25) is 9.59 Å². The van der Waals surface area contributed by atoms with Gasteiger partial charge in [0.05, 0.1) is 30.3 Å². The number of halogens is 2. The molecule has 1 aliphatic rings. The first-order chi connectivity index (χ1) is 15.9. The molecule has 6 nitrogen and oxygen atoms in total. The largest absolute Gasteiger partial charge is 0.493 e. The summed E-state index contributed by atoms with van der Waals surface area (Å²) in [5, 5.41) is 10.7. The Kier molecular flexibility index (Phi) is 8.60. The smallest absolute Gasteiger partial charge is 0.240 e. The lowest BCUT2D eigenvalue weighted by atomic mass is 9.81. The van der Waals surface area contributed by atoms with Crippen molar-refractivity contribution in [3.05, 3.63) is 57.6 Å². The van der Waals surface area contributed by atoms with E-state index in [9.17, 15) is 14.9 Å². The first-order valence-corrected chi connectivity index (χ1v) is 11.5. The highest BCUT2D eigenvalue weighted by atomic mass is 35.5. The molecule has 0 radical (unpaired) electrons. The Bertz CT molecular complexity index is 1060. The molecule has 33 heavy (non-hydrogen) atoms. The summed E-state index contributed by atoms with van der Waals surface area (Å²) in [5.74, 6) is -1.20. The molecule has 0 unspecified atom stereocenters. The first kappa shape index (κ1) is 24.9. The van der Waals surface area contributed by atoms with E-state index in [-0.39, 0.29) is 23.1 Å². The molecule has 0 N–H and O–H groups in total. The number of nitriles is 1. The summed E-state index contributed by atoms with van der Waals surface area (Å²) in [6.07, 6.45) is 2.83. The van der Waals surface area contributed by atoms with Gasteiger partial charge in [-0.25, -0.2) is 0 Å². The molecule has 0 aliphatic carbocycles. The van der Waals surface area contributed by atoms with E-state index < -0.39 is 11.8 Å². The fraction of sp³-hybridized carbons (Fsp3) is 0.400. The standard InChI is InChI=1S/C25H26Cl2N2O4/c1-32-23-9-7-16(13-24(23)33-2)18(14-22(30)17-6-8-20(26)21(27)12-17)19(15-28)25(31)29-10-4-3-5-11-29/h6-9,12-13,18-19H,3-5,10-11,14H2,1-2H3/t18-,19-/m0/s1. The number of benzene rings is 2. The first-order valence-electron chi connectivity index (χ1n) is 10.8. The van der Waals surface area contributed by atoms with Gasteiger partial charge in [0.25, 0.3) is 0 Å². The monoisotopic (exact) mass is 488 g/mol. The van der Waals surface area contributed by atoms with Crippen LogP contribution >= 0.6 is 23.2 Å². The number of carbonyl (C=O) groups excluding carboxylic acids is 2. The molecule has 0 spiro atoms. The summed E-state index contributed by atoms with van der Waals surface area (Å²) in [4.78, 5) is 28.3. The maximum Gasteiger partial charge on any atom is 0.240 e. The minimum Gasteiger partial charge on any atom is -0.493 e. The SMILES string of the molecule is COc1ccc([C@H](CC(=O)c2ccc(Cl)c(Cl)c2)[C@H](C#N)C(=O)N2CCCCC2)cc1OC. The molecule has 174 valence electrons. The average Bonchev–Trinajstić information content (AvgIpc) is 2.85. The number of piperidine rings is 1. The van der Waals surface area contributed by atoms with Crippen LogP contribution in [-0.2, 0) is 4.79 Å². The Labute approximate surface area is 204 Å². The molecule has 0 bridgehead atoms. The van der Waals surface area contributed by atoms with Crippen molar-refractivity contribution in [3.63, 3.8) is 0 Å². The van der Waals surface area contributed by atoms with Crippen molar-refractivity contribution in [2.45, 2.75) is 31.6 Å². The molecule has 1 amide bonds. The van der Waals surface area contributed by atoms with Crippen LogP contribution in [0.3, 0.4) is 0 Å². The third kappa shape index (κ3) is 5.79. The van der Waals surface area contributed by atoms with Crippen LogP contribution in [0.15, 0.2) is 36.4 Å². The number of ketones is 1. The number of likely N-dealkylation sites (tertiary alicyclic amines) is 1. The lowest BCUT2D eigenvalue weighted by molar-refractivity contribution is -0.135. The molecule has 1 heterocycles. The number of carbonyl (C=O) groups is 2. The molecule has 0 aromatic heterocycles. The van der Waals surface area contributed by atoms with E-state index in [1.54, 1.807) is 35.2 Å². The predicted octanol–water partition coefficient (Wildman–Crippen LogP) is 5.52. The molecule has 2 aromatic rings. The van der Waals surface area contributed by atoms with Crippen LogP contribution < -0.4 is 9.47 Å². The quantitative estimate of drug-likeness (QED) is 0.457. The number of amides is 1. The van der Waals surface area contributed by atoms with Crippen molar-refractivity contribution in [2.75, 3.05) is 27.3 Å². The lowest BCUT2D eigenvalue weighted by Gasteiger charge is -2.31. The molecule has 0 saturated carbocycles. The second-order valence-corrected chi connectivity index (χ2v) is 8.78. The second-order valence-electron chi connectivity index (χ2n) is 7.97. The molecular weight excluding hydrogens is 463 g/mol. The highest BCUT2D eigenvalue weighted by Gasteiger charge is 2.35. The van der Waals surface area contributed by atoms with E-state index in [1.165, 1.54) is 20.3 Å². The maximum absolute atomic E-state index is 13.3. The van der Waals surface area contributed by atoms with Crippen LogP contribution in [0, 0.1) is 17.2 Å². The van der Waals surface area contributed by atoms with E-state index >= 15 is 0 Å². The topological polar surface area (TPSA) is 79.6 Å². The van der Waals surface area contributed by atoms with Crippen LogP contribution in [0.5, 0.6) is 11.5 Å². The number of methoxy groups -OCH3 is 2. The van der Waals surface area contributed by atoms with Gasteiger partial charge in [0.1, 0.15) is 5.92 Å². The maximum atomic E-state index is 13.3. The summed E-state index contributed by atoms with van der Waals surface area (Å²) < 4.78 is 10.7. The van der Waals surface area contributed by atoms with E-state index in [2.05, 4.69) is 6.07 Å². The minimum atomic E-state index is -1.02. The number of hydrogen-bond acceptors (Lipinski definition) is 5. The zero-order valence-corrected chi connectivity index (χ0v) is 20.2. The van der Waals surface area contributed by atoms with Gasteiger partial charge in [-0.1, -0.05) is 29.3 Å². The zero-order valence-electron chi connectivity index (χ0n) is 18.6. The van der Waals surface area contributed by atoms with Gasteiger partial charge in [-0.2, -0.15) is 5.26 Å². The highest BCUT2D eigenvalue weighted by molar-refractivity contribution is 6.42. The van der Waals surface area contributed by atoms with Crippen molar-refractivity contribution in [1.82, 2.24) is 4.90 Å². The van der Waals surface area contributed by atoms with E-state index in [0.717, 1.165) is 19.3 Å². The third-order valence-electron chi connectivity index (χ3n) is 5.96.